The quantitative estimate of drug-likeness (QED) is 0.507. The molecule has 0 unspecified atom stereocenters. The maximum absolute atomic E-state index is 12.4. The van der Waals surface area contributed by atoms with Gasteiger partial charge < -0.3 is 4.74 Å². The van der Waals surface area contributed by atoms with Gasteiger partial charge in [0.15, 0.2) is 5.13 Å². The molecule has 29 heavy (non-hydrogen) atoms. The van der Waals surface area contributed by atoms with E-state index in [2.05, 4.69) is 30.4 Å². The number of aromatic amines is 1. The molecule has 148 valence electrons. The second kappa shape index (κ2) is 7.51. The van der Waals surface area contributed by atoms with Gasteiger partial charge in [0.2, 0.25) is 0 Å². The van der Waals surface area contributed by atoms with E-state index >= 15 is 0 Å². The Bertz CT molecular complexity index is 1150. The van der Waals surface area contributed by atoms with Crippen LogP contribution in [0.1, 0.15) is 20.8 Å². The Labute approximate surface area is 165 Å². The highest BCUT2D eigenvalue weighted by Crippen LogP contribution is 2.25. The lowest BCUT2D eigenvalue weighted by atomic mass is 10.1. The highest BCUT2D eigenvalue weighted by Gasteiger charge is 2.30. The van der Waals surface area contributed by atoms with Crippen LogP contribution in [0.5, 0.6) is 5.75 Å². The Morgan fingerprint density at radius 2 is 1.86 bits per heavy atom. The van der Waals surface area contributed by atoms with Crippen LogP contribution < -0.4 is 10.1 Å². The predicted octanol–water partition coefficient (Wildman–Crippen LogP) is 4.16. The molecule has 0 bridgehead atoms. The highest BCUT2D eigenvalue weighted by molar-refractivity contribution is 7.15. The first-order valence-corrected chi connectivity index (χ1v) is 9.09. The van der Waals surface area contributed by atoms with Crippen molar-refractivity contribution in [1.29, 1.82) is 0 Å². The number of aromatic nitrogens is 4. The molecule has 2 aromatic heterocycles. The molecular weight excluding hydrogens is 407 g/mol. The van der Waals surface area contributed by atoms with Crippen LogP contribution in [0.15, 0.2) is 48.7 Å². The molecule has 7 nitrogen and oxygen atoms in total. The van der Waals surface area contributed by atoms with Gasteiger partial charge >= 0.3 is 6.36 Å². The summed E-state index contributed by atoms with van der Waals surface area (Å²) < 4.78 is 40.5. The number of ether oxygens (including phenoxy) is 1. The third-order valence-electron chi connectivity index (χ3n) is 3.89. The summed E-state index contributed by atoms with van der Waals surface area (Å²) in [6, 6.07) is 10.6. The van der Waals surface area contributed by atoms with Crippen molar-refractivity contribution in [2.45, 2.75) is 12.8 Å². The fraction of sp³-hybridized carbons (Fsp3) is 0.111. The van der Waals surface area contributed by atoms with Gasteiger partial charge in [-0.1, -0.05) is 12.1 Å². The molecule has 11 heteroatoms. The Morgan fingerprint density at radius 3 is 2.62 bits per heavy atom. The molecule has 4 aromatic rings. The first kappa shape index (κ1) is 18.9. The van der Waals surface area contributed by atoms with Gasteiger partial charge in [0, 0.05) is 23.1 Å². The molecule has 0 saturated heterocycles. The minimum atomic E-state index is -4.72. The minimum absolute atomic E-state index is 0.275. The average molecular weight is 419 g/mol. The van der Waals surface area contributed by atoms with Gasteiger partial charge in [-0.2, -0.15) is 15.4 Å². The maximum atomic E-state index is 12.4. The summed E-state index contributed by atoms with van der Waals surface area (Å²) in [6.07, 6.45) is -2.64. The predicted molar refractivity (Wildman–Crippen MR) is 99.9 cm³/mol. The monoisotopic (exact) mass is 419 g/mol. The van der Waals surface area contributed by atoms with Gasteiger partial charge in [-0.25, -0.2) is 4.98 Å². The number of anilines is 1. The Balaban J connectivity index is 1.39. The van der Waals surface area contributed by atoms with E-state index in [9.17, 15) is 18.0 Å². The van der Waals surface area contributed by atoms with Crippen LogP contribution >= 0.6 is 11.3 Å². The van der Waals surface area contributed by atoms with E-state index in [0.29, 0.717) is 28.1 Å². The number of fused-ring (bicyclic) bond motifs is 1. The van der Waals surface area contributed by atoms with Crippen molar-refractivity contribution in [2.24, 2.45) is 0 Å². The molecule has 1 amide bonds. The molecule has 0 radical (unpaired) electrons. The second-order valence-electron chi connectivity index (χ2n) is 5.98. The number of carbonyl (C=O) groups excluding carboxylic acids is 1. The lowest BCUT2D eigenvalue weighted by Gasteiger charge is -2.08. The smallest absolute Gasteiger partial charge is 0.406 e. The molecule has 0 fully saturated rings. The summed E-state index contributed by atoms with van der Waals surface area (Å²) in [5.41, 5.74) is 2.45. The average Bonchev–Trinajstić information content (AvgIpc) is 3.30. The number of hydrogen-bond donors (Lipinski definition) is 2. The Hall–Kier alpha value is -3.47. The molecule has 0 spiro atoms. The van der Waals surface area contributed by atoms with Crippen molar-refractivity contribution in [3.63, 3.8) is 0 Å². The summed E-state index contributed by atoms with van der Waals surface area (Å²) in [5, 5.41) is 13.5. The zero-order valence-corrected chi connectivity index (χ0v) is 15.3. The summed E-state index contributed by atoms with van der Waals surface area (Å²) in [5.74, 6) is -0.605. The number of halogens is 3. The number of benzene rings is 2. The lowest BCUT2D eigenvalue weighted by molar-refractivity contribution is -0.274. The topological polar surface area (TPSA) is 92.8 Å². The van der Waals surface area contributed by atoms with Crippen LogP contribution in [0.4, 0.5) is 18.3 Å². The van der Waals surface area contributed by atoms with Gasteiger partial charge in [0.1, 0.15) is 16.8 Å². The van der Waals surface area contributed by atoms with Gasteiger partial charge in [-0.3, -0.25) is 10.1 Å². The standard InChI is InChI=1S/C18H12F3N5O2S/c19-18(20,21)28-12-4-1-10(2-5-12)7-13-9-22-17(29-13)23-16(27)11-3-6-14-15(8-11)25-26-24-14/h1-6,8-9H,7H2,(H,22,23,27)(H,24,25,26). The van der Waals surface area contributed by atoms with Crippen molar-refractivity contribution < 1.29 is 22.7 Å². The van der Waals surface area contributed by atoms with E-state index in [1.54, 1.807) is 36.5 Å². The van der Waals surface area contributed by atoms with Crippen molar-refractivity contribution >= 4 is 33.4 Å². The van der Waals surface area contributed by atoms with Gasteiger partial charge in [0.25, 0.3) is 5.91 Å². The SMILES string of the molecule is O=C(Nc1ncc(Cc2ccc(OC(F)(F)F)cc2)s1)c1ccc2n[nH]nc2c1. The van der Waals surface area contributed by atoms with Crippen LogP contribution in [-0.4, -0.2) is 32.7 Å². The molecule has 0 aliphatic rings. The summed E-state index contributed by atoms with van der Waals surface area (Å²) in [7, 11) is 0. The maximum Gasteiger partial charge on any atom is 0.573 e. The molecule has 0 aliphatic heterocycles. The number of rotatable bonds is 5. The summed E-state index contributed by atoms with van der Waals surface area (Å²) >= 11 is 1.28. The van der Waals surface area contributed by atoms with Crippen molar-refractivity contribution in [3.05, 3.63) is 64.7 Å². The number of H-pyrrole nitrogens is 1. The van der Waals surface area contributed by atoms with E-state index in [1.807, 2.05) is 0 Å². The van der Waals surface area contributed by atoms with Crippen LogP contribution in [0.2, 0.25) is 0 Å². The summed E-state index contributed by atoms with van der Waals surface area (Å²) in [6.45, 7) is 0. The number of thiazole rings is 1. The number of nitrogens with zero attached hydrogens (tertiary/aromatic N) is 3. The molecule has 0 atom stereocenters. The number of hydrogen-bond acceptors (Lipinski definition) is 6. The van der Waals surface area contributed by atoms with E-state index in [-0.39, 0.29) is 11.7 Å². The third kappa shape index (κ3) is 4.69. The zero-order valence-electron chi connectivity index (χ0n) is 14.5. The Morgan fingerprint density at radius 1 is 1.10 bits per heavy atom. The molecule has 0 saturated carbocycles. The van der Waals surface area contributed by atoms with Crippen LogP contribution in [0, 0.1) is 0 Å². The summed E-state index contributed by atoms with van der Waals surface area (Å²) in [4.78, 5) is 17.4. The molecule has 2 N–H and O–H groups in total. The van der Waals surface area contributed by atoms with Crippen LogP contribution in [0.25, 0.3) is 11.0 Å². The van der Waals surface area contributed by atoms with Gasteiger partial charge in [-0.15, -0.1) is 24.5 Å². The zero-order chi connectivity index (χ0) is 20.4. The molecular formula is C18H12F3N5O2S. The third-order valence-corrected chi connectivity index (χ3v) is 4.80. The van der Waals surface area contributed by atoms with Crippen molar-refractivity contribution in [3.8, 4) is 5.75 Å². The Kier molecular flexibility index (Phi) is 4.89. The highest BCUT2D eigenvalue weighted by atomic mass is 32.1. The minimum Gasteiger partial charge on any atom is -0.406 e. The number of carbonyl (C=O) groups is 1. The van der Waals surface area contributed by atoms with Gasteiger partial charge in [0.05, 0.1) is 0 Å². The van der Waals surface area contributed by atoms with Gasteiger partial charge in [-0.05, 0) is 35.9 Å². The van der Waals surface area contributed by atoms with Crippen molar-refractivity contribution in [1.82, 2.24) is 20.4 Å². The normalized spacial score (nSPS) is 11.6. The fourth-order valence-corrected chi connectivity index (χ4v) is 3.45. The van der Waals surface area contributed by atoms with Crippen molar-refractivity contribution in [2.75, 3.05) is 5.32 Å². The first-order chi connectivity index (χ1) is 13.9. The molecule has 2 aromatic carbocycles. The van der Waals surface area contributed by atoms with E-state index in [4.69, 9.17) is 0 Å². The first-order valence-electron chi connectivity index (χ1n) is 8.27. The van der Waals surface area contributed by atoms with E-state index < -0.39 is 6.36 Å². The second-order valence-corrected chi connectivity index (χ2v) is 7.10. The molecule has 4 rings (SSSR count). The fourth-order valence-electron chi connectivity index (χ4n) is 2.61. The number of amides is 1. The van der Waals surface area contributed by atoms with Crippen LogP contribution in [0.3, 0.4) is 0 Å². The molecule has 2 heterocycles. The van der Waals surface area contributed by atoms with E-state index in [1.165, 1.54) is 23.5 Å². The van der Waals surface area contributed by atoms with E-state index in [0.717, 1.165) is 10.4 Å². The number of nitrogens with one attached hydrogen (secondary N) is 2. The van der Waals surface area contributed by atoms with Crippen LogP contribution in [-0.2, 0) is 6.42 Å². The molecule has 0 aliphatic carbocycles. The number of alkyl halides is 3. The largest absolute Gasteiger partial charge is 0.573 e. The lowest BCUT2D eigenvalue weighted by Crippen LogP contribution is -2.17.